The van der Waals surface area contributed by atoms with Gasteiger partial charge in [0.25, 0.3) is 5.91 Å². The van der Waals surface area contributed by atoms with Crippen LogP contribution in [0.25, 0.3) is 0 Å². The summed E-state index contributed by atoms with van der Waals surface area (Å²) in [6.07, 6.45) is 0. The Labute approximate surface area is 170 Å². The van der Waals surface area contributed by atoms with Gasteiger partial charge in [0.05, 0.1) is 11.4 Å². The molecule has 0 aliphatic rings. The molecule has 28 heavy (non-hydrogen) atoms. The van der Waals surface area contributed by atoms with Gasteiger partial charge in [0, 0.05) is 6.54 Å². The number of nitrogens with zero attached hydrogens (tertiary/aromatic N) is 1. The SMILES string of the molecule is CC(C)CN(CC(=O)NO)S(=O)(=O)c1c(C(C)C)cc(C(C)C)cc1C(C)C. The van der Waals surface area contributed by atoms with Gasteiger partial charge in [-0.1, -0.05) is 67.5 Å². The van der Waals surface area contributed by atoms with Crippen molar-refractivity contribution in [3.8, 4) is 0 Å². The summed E-state index contributed by atoms with van der Waals surface area (Å²) in [6, 6.07) is 3.96. The van der Waals surface area contributed by atoms with Gasteiger partial charge in [-0.25, -0.2) is 13.9 Å². The van der Waals surface area contributed by atoms with Gasteiger partial charge in [-0.05, 0) is 40.4 Å². The Kier molecular flexibility index (Phi) is 8.65. The number of hydrogen-bond donors (Lipinski definition) is 2. The minimum Gasteiger partial charge on any atom is -0.289 e. The maximum atomic E-state index is 13.7. The van der Waals surface area contributed by atoms with Crippen molar-refractivity contribution in [1.29, 1.82) is 0 Å². The van der Waals surface area contributed by atoms with Crippen LogP contribution >= 0.6 is 0 Å². The van der Waals surface area contributed by atoms with Crippen LogP contribution in [0, 0.1) is 5.92 Å². The third-order valence-corrected chi connectivity index (χ3v) is 6.64. The fraction of sp³-hybridized carbons (Fsp3) is 0.667. The summed E-state index contributed by atoms with van der Waals surface area (Å²) < 4.78 is 28.6. The summed E-state index contributed by atoms with van der Waals surface area (Å²) >= 11 is 0. The number of amides is 1. The molecule has 7 heteroatoms. The first-order valence-corrected chi connectivity index (χ1v) is 11.4. The Hall–Kier alpha value is -1.44. The molecule has 0 saturated carbocycles. The molecule has 0 saturated heterocycles. The van der Waals surface area contributed by atoms with Crippen molar-refractivity contribution in [1.82, 2.24) is 9.79 Å². The van der Waals surface area contributed by atoms with Crippen LogP contribution in [-0.4, -0.2) is 36.9 Å². The quantitative estimate of drug-likeness (QED) is 0.470. The van der Waals surface area contributed by atoms with E-state index < -0.39 is 22.5 Å². The fourth-order valence-electron chi connectivity index (χ4n) is 3.17. The molecule has 0 aliphatic heterocycles. The standard InChI is InChI=1S/C21H36N2O4S/c1-13(2)11-23(12-20(24)22-25)28(26,27)21-18(15(5)6)9-17(14(3)4)10-19(21)16(7)8/h9-10,13-16,25H,11-12H2,1-8H3,(H,22,24). The molecule has 0 atom stereocenters. The summed E-state index contributed by atoms with van der Waals surface area (Å²) in [7, 11) is -3.93. The monoisotopic (exact) mass is 412 g/mol. The van der Waals surface area contributed by atoms with Gasteiger partial charge in [-0.15, -0.1) is 0 Å². The first-order chi connectivity index (χ1) is 12.8. The molecule has 160 valence electrons. The summed E-state index contributed by atoms with van der Waals surface area (Å²) in [6.45, 7) is 15.7. The molecule has 1 rings (SSSR count). The van der Waals surface area contributed by atoms with Gasteiger partial charge in [0.2, 0.25) is 10.0 Å². The lowest BCUT2D eigenvalue weighted by atomic mass is 9.89. The highest BCUT2D eigenvalue weighted by Gasteiger charge is 2.33. The first kappa shape index (κ1) is 24.6. The molecule has 0 spiro atoms. The van der Waals surface area contributed by atoms with Crippen LogP contribution in [0.1, 0.15) is 89.8 Å². The van der Waals surface area contributed by atoms with Crippen molar-refractivity contribution in [3.05, 3.63) is 28.8 Å². The summed E-state index contributed by atoms with van der Waals surface area (Å²) in [4.78, 5) is 12.1. The number of rotatable bonds is 9. The van der Waals surface area contributed by atoms with Gasteiger partial charge < -0.3 is 0 Å². The zero-order valence-electron chi connectivity index (χ0n) is 18.4. The second-order valence-corrected chi connectivity index (χ2v) is 10.6. The van der Waals surface area contributed by atoms with Crippen LogP contribution in [0.3, 0.4) is 0 Å². The van der Waals surface area contributed by atoms with Crippen molar-refractivity contribution in [3.63, 3.8) is 0 Å². The van der Waals surface area contributed by atoms with E-state index in [1.165, 1.54) is 4.31 Å². The Bertz CT molecular complexity index is 755. The van der Waals surface area contributed by atoms with E-state index in [4.69, 9.17) is 5.21 Å². The van der Waals surface area contributed by atoms with Crippen molar-refractivity contribution in [2.24, 2.45) is 5.92 Å². The predicted octanol–water partition coefficient (Wildman–Crippen LogP) is 4.21. The minimum absolute atomic E-state index is 0.00791. The van der Waals surface area contributed by atoms with Crippen LogP contribution in [0.5, 0.6) is 0 Å². The Morgan fingerprint density at radius 3 is 1.75 bits per heavy atom. The number of carbonyl (C=O) groups excluding carboxylic acids is 1. The van der Waals surface area contributed by atoms with E-state index in [1.807, 2.05) is 53.7 Å². The van der Waals surface area contributed by atoms with E-state index in [0.29, 0.717) is 4.90 Å². The maximum Gasteiger partial charge on any atom is 0.258 e. The van der Waals surface area contributed by atoms with Crippen LogP contribution in [0.15, 0.2) is 17.0 Å². The van der Waals surface area contributed by atoms with Gasteiger partial charge in [-0.3, -0.25) is 10.0 Å². The third-order valence-electron chi connectivity index (χ3n) is 4.69. The summed E-state index contributed by atoms with van der Waals surface area (Å²) in [5.41, 5.74) is 4.20. The molecule has 0 bridgehead atoms. The molecule has 1 aromatic carbocycles. The normalized spacial score (nSPS) is 12.6. The lowest BCUT2D eigenvalue weighted by molar-refractivity contribution is -0.129. The molecule has 1 amide bonds. The zero-order chi connectivity index (χ0) is 21.8. The van der Waals surface area contributed by atoms with E-state index >= 15 is 0 Å². The van der Waals surface area contributed by atoms with E-state index in [9.17, 15) is 13.2 Å². The van der Waals surface area contributed by atoms with E-state index in [0.717, 1.165) is 16.7 Å². The van der Waals surface area contributed by atoms with Gasteiger partial charge in [0.15, 0.2) is 0 Å². The molecular formula is C21H36N2O4S. The highest BCUT2D eigenvalue weighted by atomic mass is 32.2. The number of carbonyl (C=O) groups is 1. The maximum absolute atomic E-state index is 13.7. The average Bonchev–Trinajstić information content (AvgIpc) is 2.58. The second-order valence-electron chi connectivity index (χ2n) is 8.72. The largest absolute Gasteiger partial charge is 0.289 e. The number of sulfonamides is 1. The third kappa shape index (κ3) is 5.78. The second kappa shape index (κ2) is 9.85. The highest BCUT2D eigenvalue weighted by Crippen LogP contribution is 2.36. The molecule has 0 aliphatic carbocycles. The fourth-order valence-corrected chi connectivity index (χ4v) is 5.39. The molecule has 1 aromatic rings. The topological polar surface area (TPSA) is 86.7 Å². The molecular weight excluding hydrogens is 376 g/mol. The van der Waals surface area contributed by atoms with E-state index in [1.54, 1.807) is 5.48 Å². The Morgan fingerprint density at radius 1 is 0.964 bits per heavy atom. The summed E-state index contributed by atoms with van der Waals surface area (Å²) in [5.74, 6) is -0.429. The Morgan fingerprint density at radius 2 is 1.43 bits per heavy atom. The lowest BCUT2D eigenvalue weighted by Crippen LogP contribution is -2.42. The van der Waals surface area contributed by atoms with Crippen molar-refractivity contribution in [2.75, 3.05) is 13.1 Å². The molecule has 2 N–H and O–H groups in total. The number of benzene rings is 1. The van der Waals surface area contributed by atoms with Crippen molar-refractivity contribution in [2.45, 2.75) is 78.0 Å². The number of hydrogen-bond acceptors (Lipinski definition) is 4. The van der Waals surface area contributed by atoms with Gasteiger partial charge in [-0.2, -0.15) is 4.31 Å². The van der Waals surface area contributed by atoms with E-state index in [-0.39, 0.29) is 30.2 Å². The van der Waals surface area contributed by atoms with Gasteiger partial charge >= 0.3 is 0 Å². The smallest absolute Gasteiger partial charge is 0.258 e. The van der Waals surface area contributed by atoms with Crippen LogP contribution < -0.4 is 5.48 Å². The van der Waals surface area contributed by atoms with Crippen LogP contribution in [0.4, 0.5) is 0 Å². The molecule has 0 unspecified atom stereocenters. The molecule has 0 fully saturated rings. The number of hydroxylamine groups is 1. The minimum atomic E-state index is -3.93. The first-order valence-electron chi connectivity index (χ1n) is 9.93. The van der Waals surface area contributed by atoms with Crippen LogP contribution in [0.2, 0.25) is 0 Å². The predicted molar refractivity (Wildman–Crippen MR) is 112 cm³/mol. The molecule has 6 nitrogen and oxygen atoms in total. The average molecular weight is 413 g/mol. The number of nitrogens with one attached hydrogen (secondary N) is 1. The summed E-state index contributed by atoms with van der Waals surface area (Å²) in [5, 5.41) is 8.92. The zero-order valence-corrected chi connectivity index (χ0v) is 19.2. The van der Waals surface area contributed by atoms with Crippen LogP contribution in [-0.2, 0) is 14.8 Å². The van der Waals surface area contributed by atoms with E-state index in [2.05, 4.69) is 13.8 Å². The molecule has 0 heterocycles. The van der Waals surface area contributed by atoms with Crippen molar-refractivity contribution >= 4 is 15.9 Å². The lowest BCUT2D eigenvalue weighted by Gasteiger charge is -2.28. The molecule has 0 aromatic heterocycles. The highest BCUT2D eigenvalue weighted by molar-refractivity contribution is 7.89. The van der Waals surface area contributed by atoms with Crippen molar-refractivity contribution < 1.29 is 18.4 Å². The Balaban J connectivity index is 3.78. The van der Waals surface area contributed by atoms with Gasteiger partial charge in [0.1, 0.15) is 0 Å². The molecule has 0 radical (unpaired) electrons.